The maximum Gasteiger partial charge on any atom is 0.304 e. The number of carbonyl (C=O) groups excluding carboxylic acids is 3. The number of likely N-dealkylation sites (N-methyl/N-ethyl adjacent to an activating group) is 2. The zero-order valence-corrected chi connectivity index (χ0v) is 32.8. The Morgan fingerprint density at radius 1 is 1.04 bits per heavy atom. The number of hydrogen-bond acceptors (Lipinski definition) is 6. The third-order valence-electron chi connectivity index (χ3n) is 10.5. The van der Waals surface area contributed by atoms with Gasteiger partial charge in [0.25, 0.3) is 0 Å². The van der Waals surface area contributed by atoms with Crippen LogP contribution in [-0.2, 0) is 36.4 Å². The lowest BCUT2D eigenvalue weighted by molar-refractivity contribution is -0.145. The summed E-state index contributed by atoms with van der Waals surface area (Å²) in [6.07, 6.45) is 2.57. The van der Waals surface area contributed by atoms with Crippen molar-refractivity contribution in [2.75, 3.05) is 27.2 Å². The molecule has 50 heavy (non-hydrogen) atoms. The van der Waals surface area contributed by atoms with Crippen molar-refractivity contribution >= 4 is 43.6 Å². The number of nitrogens with zero attached hydrogens (tertiary/aromatic N) is 2. The SMILES string of the molecule is C[C@H](N)C(=O)N[C@@H](CCO[Si](C)(C)C(C)(C)C)C(=O)N(C)[C@H](CCc1ccc(Cl)cc1)CN(C)C(=O)[C@@H](CC(=O)O)[C@@H]1CCc2ccccc21. The van der Waals surface area contributed by atoms with Crippen LogP contribution in [0.15, 0.2) is 48.5 Å². The van der Waals surface area contributed by atoms with E-state index >= 15 is 0 Å². The number of hydrogen-bond donors (Lipinski definition) is 3. The molecule has 3 amide bonds. The number of aliphatic carboxylic acids is 1. The molecule has 12 heteroatoms. The van der Waals surface area contributed by atoms with E-state index in [-0.39, 0.29) is 48.8 Å². The lowest BCUT2D eigenvalue weighted by atomic mass is 9.84. The summed E-state index contributed by atoms with van der Waals surface area (Å²) in [5, 5.41) is 13.3. The molecule has 5 atom stereocenters. The number of nitrogens with two attached hydrogens (primary N) is 1. The number of amides is 3. The van der Waals surface area contributed by atoms with E-state index in [9.17, 15) is 24.3 Å². The van der Waals surface area contributed by atoms with Crippen LogP contribution in [0.25, 0.3) is 0 Å². The van der Waals surface area contributed by atoms with Crippen LogP contribution < -0.4 is 11.1 Å². The van der Waals surface area contributed by atoms with Crippen molar-refractivity contribution in [2.24, 2.45) is 11.7 Å². The van der Waals surface area contributed by atoms with Crippen LogP contribution in [0.2, 0.25) is 23.2 Å². The van der Waals surface area contributed by atoms with E-state index in [4.69, 9.17) is 21.8 Å². The number of carboxylic acid groups (broad SMARTS) is 1. The lowest BCUT2D eigenvalue weighted by Crippen LogP contribution is -2.55. The average molecular weight is 729 g/mol. The van der Waals surface area contributed by atoms with Gasteiger partial charge in [-0.15, -0.1) is 0 Å². The summed E-state index contributed by atoms with van der Waals surface area (Å²) >= 11 is 6.12. The smallest absolute Gasteiger partial charge is 0.304 e. The van der Waals surface area contributed by atoms with Gasteiger partial charge in [0, 0.05) is 38.3 Å². The van der Waals surface area contributed by atoms with Crippen LogP contribution in [0, 0.1) is 5.92 Å². The van der Waals surface area contributed by atoms with Gasteiger partial charge in [-0.2, -0.15) is 0 Å². The molecule has 1 aliphatic rings. The molecule has 0 spiro atoms. The fraction of sp³-hybridized carbons (Fsp3) is 0.579. The molecule has 10 nitrogen and oxygen atoms in total. The van der Waals surface area contributed by atoms with E-state index in [0.29, 0.717) is 24.3 Å². The summed E-state index contributed by atoms with van der Waals surface area (Å²) in [6.45, 7) is 12.7. The zero-order chi connectivity index (χ0) is 37.4. The second-order valence-corrected chi connectivity index (χ2v) is 20.5. The first-order valence-corrected chi connectivity index (χ1v) is 20.9. The van der Waals surface area contributed by atoms with Crippen LogP contribution in [0.3, 0.4) is 0 Å². The second kappa shape index (κ2) is 17.8. The van der Waals surface area contributed by atoms with E-state index in [0.717, 1.165) is 23.1 Å². The van der Waals surface area contributed by atoms with Gasteiger partial charge in [0.05, 0.1) is 18.4 Å². The first-order chi connectivity index (χ1) is 23.3. The minimum Gasteiger partial charge on any atom is -0.481 e. The molecule has 0 aromatic heterocycles. The van der Waals surface area contributed by atoms with E-state index < -0.39 is 44.2 Å². The monoisotopic (exact) mass is 728 g/mol. The molecule has 0 saturated heterocycles. The van der Waals surface area contributed by atoms with Crippen molar-refractivity contribution in [2.45, 2.75) is 108 Å². The summed E-state index contributed by atoms with van der Waals surface area (Å²) in [5.41, 5.74) is 9.08. The fourth-order valence-electron chi connectivity index (χ4n) is 6.31. The molecule has 0 bridgehead atoms. The number of benzene rings is 2. The largest absolute Gasteiger partial charge is 0.481 e. The van der Waals surface area contributed by atoms with Crippen molar-refractivity contribution in [3.05, 3.63) is 70.2 Å². The molecular weight excluding hydrogens is 672 g/mol. The Balaban J connectivity index is 1.88. The third-order valence-corrected chi connectivity index (χ3v) is 15.3. The maximum absolute atomic E-state index is 14.3. The van der Waals surface area contributed by atoms with Gasteiger partial charge in [-0.1, -0.05) is 68.8 Å². The Morgan fingerprint density at radius 3 is 2.28 bits per heavy atom. The minimum atomic E-state index is -2.12. The molecule has 0 aliphatic heterocycles. The number of nitrogens with one attached hydrogen (secondary N) is 1. The molecule has 4 N–H and O–H groups in total. The van der Waals surface area contributed by atoms with Gasteiger partial charge in [0.1, 0.15) is 6.04 Å². The normalized spacial score (nSPS) is 16.9. The number of carbonyl (C=O) groups is 4. The van der Waals surface area contributed by atoms with Crippen LogP contribution >= 0.6 is 11.6 Å². The third kappa shape index (κ3) is 11.1. The Hall–Kier alpha value is -3.25. The zero-order valence-electron chi connectivity index (χ0n) is 31.0. The number of carboxylic acids is 1. The van der Waals surface area contributed by atoms with Gasteiger partial charge in [0.2, 0.25) is 17.7 Å². The number of fused-ring (bicyclic) bond motifs is 1. The van der Waals surface area contributed by atoms with E-state index in [2.05, 4.69) is 39.2 Å². The van der Waals surface area contributed by atoms with Crippen molar-refractivity contribution < 1.29 is 28.7 Å². The van der Waals surface area contributed by atoms with Gasteiger partial charge in [0.15, 0.2) is 8.32 Å². The maximum atomic E-state index is 14.3. The van der Waals surface area contributed by atoms with E-state index in [1.165, 1.54) is 0 Å². The predicted octanol–water partition coefficient (Wildman–Crippen LogP) is 5.62. The van der Waals surface area contributed by atoms with E-state index in [1.54, 1.807) is 30.8 Å². The Kier molecular flexibility index (Phi) is 14.7. The Morgan fingerprint density at radius 2 is 1.68 bits per heavy atom. The number of rotatable bonds is 17. The first kappa shape index (κ1) is 41.2. The first-order valence-electron chi connectivity index (χ1n) is 17.6. The molecule has 2 aromatic rings. The minimum absolute atomic E-state index is 0.0265. The van der Waals surface area contributed by atoms with E-state index in [1.807, 2.05) is 48.5 Å². The number of aryl methyl sites for hydroxylation is 2. The summed E-state index contributed by atoms with van der Waals surface area (Å²) in [7, 11) is 1.24. The molecule has 0 unspecified atom stereocenters. The van der Waals surface area contributed by atoms with Crippen LogP contribution in [0.4, 0.5) is 0 Å². The predicted molar refractivity (Wildman–Crippen MR) is 201 cm³/mol. The van der Waals surface area contributed by atoms with Gasteiger partial charge in [-0.05, 0) is 91.9 Å². The van der Waals surface area contributed by atoms with Crippen LogP contribution in [0.5, 0.6) is 0 Å². The van der Waals surface area contributed by atoms with Crippen molar-refractivity contribution in [3.8, 4) is 0 Å². The molecule has 3 rings (SSSR count). The molecular formula is C38H57ClN4O6Si. The quantitative estimate of drug-likeness (QED) is 0.180. The van der Waals surface area contributed by atoms with Crippen LogP contribution in [0.1, 0.15) is 76.0 Å². The standard InChI is InChI=1S/C38H57ClN4O6Si/c1-25(40)35(46)41-33(21-22-49-50(7,8)38(2,3)4)37(48)43(6)29(19-15-26-13-17-28(39)18-14-26)24-42(5)36(47)32(23-34(44)45)31-20-16-27-11-9-10-12-30(27)31/h9-14,17-18,25,29,31-33H,15-16,19-24,40H2,1-8H3,(H,41,46)(H,44,45)/t25-,29+,31+,32-,33-/m0/s1. The summed E-state index contributed by atoms with van der Waals surface area (Å²) in [6, 6.07) is 13.2. The highest BCUT2D eigenvalue weighted by Crippen LogP contribution is 2.40. The van der Waals surface area contributed by atoms with Crippen LogP contribution in [-0.4, -0.2) is 92.3 Å². The molecule has 276 valence electrons. The molecule has 0 radical (unpaired) electrons. The number of halogens is 1. The molecule has 0 saturated carbocycles. The highest BCUT2D eigenvalue weighted by molar-refractivity contribution is 6.74. The highest BCUT2D eigenvalue weighted by Gasteiger charge is 2.39. The average Bonchev–Trinajstić information content (AvgIpc) is 3.47. The summed E-state index contributed by atoms with van der Waals surface area (Å²) in [4.78, 5) is 56.4. The fourth-order valence-corrected chi connectivity index (χ4v) is 7.50. The summed E-state index contributed by atoms with van der Waals surface area (Å²) in [5.74, 6) is -3.00. The van der Waals surface area contributed by atoms with Gasteiger partial charge in [-0.3, -0.25) is 19.2 Å². The van der Waals surface area contributed by atoms with Crippen molar-refractivity contribution in [1.29, 1.82) is 0 Å². The Labute approximate surface area is 304 Å². The molecule has 2 aromatic carbocycles. The highest BCUT2D eigenvalue weighted by atomic mass is 35.5. The molecule has 0 fully saturated rings. The molecule has 1 aliphatic carbocycles. The van der Waals surface area contributed by atoms with Crippen molar-refractivity contribution in [3.63, 3.8) is 0 Å². The van der Waals surface area contributed by atoms with Gasteiger partial charge < -0.3 is 30.4 Å². The summed E-state index contributed by atoms with van der Waals surface area (Å²) < 4.78 is 6.37. The topological polar surface area (TPSA) is 142 Å². The Bertz CT molecular complexity index is 1480. The van der Waals surface area contributed by atoms with Crippen molar-refractivity contribution in [1.82, 2.24) is 15.1 Å². The van der Waals surface area contributed by atoms with Gasteiger partial charge in [-0.25, -0.2) is 0 Å². The van der Waals surface area contributed by atoms with Gasteiger partial charge >= 0.3 is 5.97 Å². The lowest BCUT2D eigenvalue weighted by Gasteiger charge is -2.37. The second-order valence-electron chi connectivity index (χ2n) is 15.3. The molecule has 0 heterocycles.